The molecule has 3 heterocycles. The van der Waals surface area contributed by atoms with Crippen molar-refractivity contribution < 1.29 is 41.7 Å². The molecule has 0 saturated carbocycles. The van der Waals surface area contributed by atoms with Gasteiger partial charge in [0.05, 0.1) is 37.0 Å². The summed E-state index contributed by atoms with van der Waals surface area (Å²) in [6.07, 6.45) is -2.21. The number of morpholine rings is 1. The van der Waals surface area contributed by atoms with Gasteiger partial charge < -0.3 is 29.6 Å². The third-order valence-electron chi connectivity index (χ3n) is 8.19. The summed E-state index contributed by atoms with van der Waals surface area (Å²) in [5.74, 6) is -1.78. The van der Waals surface area contributed by atoms with Crippen LogP contribution in [0.5, 0.6) is 5.75 Å². The van der Waals surface area contributed by atoms with Crippen molar-refractivity contribution in [3.05, 3.63) is 113 Å². The van der Waals surface area contributed by atoms with Gasteiger partial charge >= 0.3 is 12.3 Å². The lowest BCUT2D eigenvalue weighted by atomic mass is 9.78. The van der Waals surface area contributed by atoms with Crippen molar-refractivity contribution in [2.75, 3.05) is 43.5 Å². The number of amides is 1. The highest BCUT2D eigenvalue weighted by atomic mass is 19.4. The van der Waals surface area contributed by atoms with Gasteiger partial charge in [-0.2, -0.15) is 0 Å². The Kier molecular flexibility index (Phi) is 9.35. The Morgan fingerprint density at radius 1 is 0.979 bits per heavy atom. The van der Waals surface area contributed by atoms with E-state index >= 15 is 0 Å². The standard InChI is InChI=1S/C35H34F3N3O6/c1-2-45-33(43)30-29(32(42)40-26-12-14-27(15-13-26)46-35(36,37)38)28-16-17-34(30,47-28)31(39-25-6-4-3-5-7-25)24-10-8-23(9-11-24)22-41-18-20-44-21-19-41/h3-17,28,31,39H,2,18-22H2,1H3,(H,40,42). The molecule has 3 aliphatic heterocycles. The van der Waals surface area contributed by atoms with E-state index < -0.39 is 41.7 Å². The first kappa shape index (κ1) is 32.3. The lowest BCUT2D eigenvalue weighted by Gasteiger charge is -2.36. The number of fused-ring (bicyclic) bond motifs is 2. The number of benzene rings is 3. The lowest BCUT2D eigenvalue weighted by Crippen LogP contribution is -2.42. The number of carbonyl (C=O) groups excluding carboxylic acids is 2. The molecule has 0 radical (unpaired) electrons. The number of rotatable bonds is 11. The number of esters is 1. The average Bonchev–Trinajstić information content (AvgIpc) is 3.64. The minimum atomic E-state index is -4.85. The quantitative estimate of drug-likeness (QED) is 0.200. The molecule has 0 spiro atoms. The van der Waals surface area contributed by atoms with Crippen molar-refractivity contribution in [2.45, 2.75) is 37.6 Å². The van der Waals surface area contributed by atoms with Gasteiger partial charge in [-0.05, 0) is 60.5 Å². The molecule has 3 aliphatic rings. The summed E-state index contributed by atoms with van der Waals surface area (Å²) in [4.78, 5) is 29.8. The van der Waals surface area contributed by atoms with Crippen LogP contribution in [0.15, 0.2) is 102 Å². The fraction of sp³-hybridized carbons (Fsp3) is 0.314. The van der Waals surface area contributed by atoms with E-state index in [-0.39, 0.29) is 23.4 Å². The molecule has 0 aromatic heterocycles. The van der Waals surface area contributed by atoms with Crippen molar-refractivity contribution in [3.8, 4) is 5.75 Å². The molecule has 0 aliphatic carbocycles. The molecule has 2 bridgehead atoms. The van der Waals surface area contributed by atoms with Crippen molar-refractivity contribution >= 4 is 23.3 Å². The van der Waals surface area contributed by atoms with Crippen LogP contribution in [0.3, 0.4) is 0 Å². The Morgan fingerprint density at radius 2 is 1.68 bits per heavy atom. The third-order valence-corrected chi connectivity index (χ3v) is 8.19. The summed E-state index contributed by atoms with van der Waals surface area (Å²) in [6, 6.07) is 21.6. The maximum absolute atomic E-state index is 13.8. The molecule has 3 atom stereocenters. The monoisotopic (exact) mass is 649 g/mol. The minimum Gasteiger partial charge on any atom is -0.463 e. The summed E-state index contributed by atoms with van der Waals surface area (Å²) in [6.45, 7) is 5.61. The zero-order chi connectivity index (χ0) is 33.0. The van der Waals surface area contributed by atoms with Gasteiger partial charge in [0, 0.05) is 31.0 Å². The fourth-order valence-electron chi connectivity index (χ4n) is 6.10. The van der Waals surface area contributed by atoms with E-state index in [1.54, 1.807) is 19.1 Å². The predicted molar refractivity (Wildman–Crippen MR) is 168 cm³/mol. The average molecular weight is 650 g/mol. The second-order valence-electron chi connectivity index (χ2n) is 11.3. The molecule has 246 valence electrons. The van der Waals surface area contributed by atoms with Crippen molar-refractivity contribution in [3.63, 3.8) is 0 Å². The van der Waals surface area contributed by atoms with Crippen LogP contribution < -0.4 is 15.4 Å². The van der Waals surface area contributed by atoms with Gasteiger partial charge in [0.1, 0.15) is 17.5 Å². The second kappa shape index (κ2) is 13.6. The van der Waals surface area contributed by atoms with Crippen molar-refractivity contribution in [2.24, 2.45) is 0 Å². The molecule has 3 aromatic rings. The zero-order valence-electron chi connectivity index (χ0n) is 25.6. The van der Waals surface area contributed by atoms with Crippen LogP contribution in [-0.2, 0) is 30.3 Å². The number of halogens is 3. The summed E-state index contributed by atoms with van der Waals surface area (Å²) >= 11 is 0. The Labute approximate surface area is 269 Å². The van der Waals surface area contributed by atoms with Crippen LogP contribution in [0.1, 0.15) is 24.1 Å². The van der Waals surface area contributed by atoms with Crippen molar-refractivity contribution in [1.29, 1.82) is 0 Å². The van der Waals surface area contributed by atoms with Crippen LogP contribution in [0.2, 0.25) is 0 Å². The molecule has 9 nitrogen and oxygen atoms in total. The van der Waals surface area contributed by atoms with Gasteiger partial charge in [0.25, 0.3) is 5.91 Å². The molecule has 1 amide bonds. The van der Waals surface area contributed by atoms with E-state index in [0.29, 0.717) is 13.2 Å². The van der Waals surface area contributed by atoms with Gasteiger partial charge in [0.15, 0.2) is 0 Å². The highest BCUT2D eigenvalue weighted by Gasteiger charge is 2.58. The molecule has 12 heteroatoms. The third kappa shape index (κ3) is 7.19. The lowest BCUT2D eigenvalue weighted by molar-refractivity contribution is -0.274. The van der Waals surface area contributed by atoms with Crippen LogP contribution >= 0.6 is 0 Å². The maximum Gasteiger partial charge on any atom is 0.573 e. The number of nitrogens with zero attached hydrogens (tertiary/aromatic N) is 1. The number of hydrogen-bond donors (Lipinski definition) is 2. The molecule has 2 N–H and O–H groups in total. The largest absolute Gasteiger partial charge is 0.573 e. The zero-order valence-corrected chi connectivity index (χ0v) is 25.6. The van der Waals surface area contributed by atoms with E-state index in [9.17, 15) is 22.8 Å². The first-order valence-electron chi connectivity index (χ1n) is 15.3. The topological polar surface area (TPSA) is 98.4 Å². The highest BCUT2D eigenvalue weighted by molar-refractivity contribution is 6.12. The number of anilines is 2. The number of para-hydroxylation sites is 1. The molecule has 6 rings (SSSR count). The summed E-state index contributed by atoms with van der Waals surface area (Å²) in [5, 5.41) is 6.22. The minimum absolute atomic E-state index is 0.0483. The van der Waals surface area contributed by atoms with E-state index in [0.717, 1.165) is 48.6 Å². The predicted octanol–water partition coefficient (Wildman–Crippen LogP) is 5.78. The van der Waals surface area contributed by atoms with Gasteiger partial charge in [-0.3, -0.25) is 9.69 Å². The van der Waals surface area contributed by atoms with E-state index in [2.05, 4.69) is 20.3 Å². The summed E-state index contributed by atoms with van der Waals surface area (Å²) in [7, 11) is 0. The van der Waals surface area contributed by atoms with Crippen LogP contribution in [0, 0.1) is 0 Å². The first-order valence-corrected chi connectivity index (χ1v) is 15.3. The van der Waals surface area contributed by atoms with Crippen LogP contribution in [0.4, 0.5) is 24.5 Å². The van der Waals surface area contributed by atoms with E-state index in [1.807, 2.05) is 54.6 Å². The summed E-state index contributed by atoms with van der Waals surface area (Å²) in [5.41, 5.74) is 1.59. The smallest absolute Gasteiger partial charge is 0.463 e. The molecule has 47 heavy (non-hydrogen) atoms. The molecule has 1 fully saturated rings. The van der Waals surface area contributed by atoms with Crippen LogP contribution in [0.25, 0.3) is 0 Å². The molecular weight excluding hydrogens is 615 g/mol. The molecule has 1 saturated heterocycles. The normalized spacial score (nSPS) is 21.4. The van der Waals surface area contributed by atoms with E-state index in [4.69, 9.17) is 14.2 Å². The fourth-order valence-corrected chi connectivity index (χ4v) is 6.10. The molecular formula is C35H34F3N3O6. The summed E-state index contributed by atoms with van der Waals surface area (Å²) < 4.78 is 59.3. The van der Waals surface area contributed by atoms with Crippen molar-refractivity contribution in [1.82, 2.24) is 4.90 Å². The maximum atomic E-state index is 13.8. The second-order valence-corrected chi connectivity index (χ2v) is 11.3. The Balaban J connectivity index is 1.35. The number of nitrogens with one attached hydrogen (secondary N) is 2. The van der Waals surface area contributed by atoms with E-state index in [1.165, 1.54) is 12.1 Å². The highest BCUT2D eigenvalue weighted by Crippen LogP contribution is 2.51. The SMILES string of the molecule is CCOC(=O)C1=C(C(=O)Nc2ccc(OC(F)(F)F)cc2)C2C=CC1(C(Nc1ccccc1)c1ccc(CN3CCOCC3)cc1)O2. The number of hydrogen-bond acceptors (Lipinski definition) is 8. The number of ether oxygens (including phenoxy) is 4. The van der Waals surface area contributed by atoms with Gasteiger partial charge in [-0.25, -0.2) is 4.79 Å². The van der Waals surface area contributed by atoms with Gasteiger partial charge in [-0.15, -0.1) is 13.2 Å². The molecule has 3 aromatic carbocycles. The Morgan fingerprint density at radius 3 is 2.34 bits per heavy atom. The van der Waals surface area contributed by atoms with Gasteiger partial charge in [-0.1, -0.05) is 48.5 Å². The first-order chi connectivity index (χ1) is 22.6. The molecule has 3 unspecified atom stereocenters. The van der Waals surface area contributed by atoms with Crippen LogP contribution in [-0.4, -0.2) is 67.8 Å². The van der Waals surface area contributed by atoms with Gasteiger partial charge in [0.2, 0.25) is 0 Å². The Hall–Kier alpha value is -4.65. The number of carbonyl (C=O) groups is 2. The number of alkyl halides is 3. The Bertz CT molecular complexity index is 1640.